The van der Waals surface area contributed by atoms with E-state index >= 15 is 0 Å². The number of hydrogen-bond acceptors (Lipinski definition) is 4. The number of thiocarbonyl (C=S) groups is 1. The standard InChI is InChI=1S/C14H17N3S2/c1-9(2)13(12-4-3-7-19-12)17-11-8-16-6-5-10(11)14(15)18/h3-9,13,17H,1-2H3,(H2,15,18). The zero-order chi connectivity index (χ0) is 13.8. The van der Waals surface area contributed by atoms with E-state index in [0.29, 0.717) is 10.9 Å². The molecule has 2 aromatic heterocycles. The van der Waals surface area contributed by atoms with Crippen molar-refractivity contribution < 1.29 is 0 Å². The van der Waals surface area contributed by atoms with Crippen LogP contribution in [0.15, 0.2) is 36.0 Å². The van der Waals surface area contributed by atoms with Gasteiger partial charge in [0.1, 0.15) is 4.99 Å². The Morgan fingerprint density at radius 1 is 1.42 bits per heavy atom. The Labute approximate surface area is 122 Å². The number of aromatic nitrogens is 1. The fraction of sp³-hybridized carbons (Fsp3) is 0.286. The molecule has 3 N–H and O–H groups in total. The molecule has 2 aromatic rings. The van der Waals surface area contributed by atoms with E-state index in [1.807, 2.05) is 6.07 Å². The molecule has 0 spiro atoms. The van der Waals surface area contributed by atoms with Crippen LogP contribution in [0.2, 0.25) is 0 Å². The number of pyridine rings is 1. The van der Waals surface area contributed by atoms with Crippen LogP contribution in [0.4, 0.5) is 5.69 Å². The highest BCUT2D eigenvalue weighted by Crippen LogP contribution is 2.30. The summed E-state index contributed by atoms with van der Waals surface area (Å²) in [5.74, 6) is 0.457. The van der Waals surface area contributed by atoms with Crippen LogP contribution >= 0.6 is 23.6 Å². The van der Waals surface area contributed by atoms with E-state index < -0.39 is 0 Å². The summed E-state index contributed by atoms with van der Waals surface area (Å²) in [4.78, 5) is 5.83. The van der Waals surface area contributed by atoms with Crippen LogP contribution in [0.3, 0.4) is 0 Å². The molecule has 0 radical (unpaired) electrons. The van der Waals surface area contributed by atoms with Crippen LogP contribution in [0.5, 0.6) is 0 Å². The van der Waals surface area contributed by atoms with Gasteiger partial charge in [-0.15, -0.1) is 11.3 Å². The first kappa shape index (κ1) is 14.0. The average molecular weight is 291 g/mol. The number of hydrogen-bond donors (Lipinski definition) is 2. The van der Waals surface area contributed by atoms with Gasteiger partial charge >= 0.3 is 0 Å². The molecule has 2 heterocycles. The van der Waals surface area contributed by atoms with E-state index in [9.17, 15) is 0 Å². The molecule has 2 rings (SSSR count). The quantitative estimate of drug-likeness (QED) is 0.827. The predicted molar refractivity (Wildman–Crippen MR) is 85.6 cm³/mol. The van der Waals surface area contributed by atoms with Crippen LogP contribution in [0.1, 0.15) is 30.3 Å². The summed E-state index contributed by atoms with van der Waals surface area (Å²) in [6.45, 7) is 4.38. The smallest absolute Gasteiger partial charge is 0.106 e. The first-order chi connectivity index (χ1) is 9.09. The van der Waals surface area contributed by atoms with E-state index in [1.165, 1.54) is 4.88 Å². The number of anilines is 1. The van der Waals surface area contributed by atoms with Crippen LogP contribution in [0, 0.1) is 5.92 Å². The second-order valence-corrected chi connectivity index (χ2v) is 6.09. The van der Waals surface area contributed by atoms with Gasteiger partial charge in [0.2, 0.25) is 0 Å². The third kappa shape index (κ3) is 3.30. The first-order valence-electron chi connectivity index (χ1n) is 6.13. The summed E-state index contributed by atoms with van der Waals surface area (Å²) in [5, 5.41) is 5.60. The topological polar surface area (TPSA) is 50.9 Å². The lowest BCUT2D eigenvalue weighted by Gasteiger charge is -2.23. The second-order valence-electron chi connectivity index (χ2n) is 4.67. The summed E-state index contributed by atoms with van der Waals surface area (Å²) >= 11 is 6.83. The molecule has 1 unspecified atom stereocenters. The fourth-order valence-electron chi connectivity index (χ4n) is 1.93. The molecule has 0 aromatic carbocycles. The van der Waals surface area contributed by atoms with Gasteiger partial charge in [-0.3, -0.25) is 4.98 Å². The Balaban J connectivity index is 2.30. The van der Waals surface area contributed by atoms with E-state index in [2.05, 4.69) is 41.7 Å². The molecular formula is C14H17N3S2. The van der Waals surface area contributed by atoms with Crippen LogP contribution < -0.4 is 11.1 Å². The van der Waals surface area contributed by atoms with E-state index in [1.54, 1.807) is 23.7 Å². The molecule has 0 amide bonds. The molecule has 0 aliphatic carbocycles. The van der Waals surface area contributed by atoms with Crippen LogP contribution in [-0.4, -0.2) is 9.97 Å². The van der Waals surface area contributed by atoms with Crippen molar-refractivity contribution in [1.82, 2.24) is 4.98 Å². The largest absolute Gasteiger partial charge is 0.389 e. The van der Waals surface area contributed by atoms with Crippen LogP contribution in [0.25, 0.3) is 0 Å². The molecular weight excluding hydrogens is 274 g/mol. The molecule has 0 bridgehead atoms. The van der Waals surface area contributed by atoms with Gasteiger partial charge in [-0.2, -0.15) is 0 Å². The minimum absolute atomic E-state index is 0.234. The molecule has 0 saturated carbocycles. The third-order valence-electron chi connectivity index (χ3n) is 2.91. The fourth-order valence-corrected chi connectivity index (χ4v) is 3.05. The van der Waals surface area contributed by atoms with Crippen molar-refractivity contribution in [3.8, 4) is 0 Å². The summed E-state index contributed by atoms with van der Waals surface area (Å²) < 4.78 is 0. The molecule has 0 aliphatic heterocycles. The van der Waals surface area contributed by atoms with Gasteiger partial charge in [0, 0.05) is 16.6 Å². The summed E-state index contributed by atoms with van der Waals surface area (Å²) in [6, 6.07) is 6.28. The number of thiophene rings is 1. The van der Waals surface area contributed by atoms with E-state index in [-0.39, 0.29) is 6.04 Å². The molecule has 0 saturated heterocycles. The Kier molecular flexibility index (Phi) is 4.50. The van der Waals surface area contributed by atoms with Gasteiger partial charge in [0.05, 0.1) is 17.9 Å². The summed E-state index contributed by atoms with van der Waals surface area (Å²) in [6.07, 6.45) is 3.48. The Morgan fingerprint density at radius 2 is 2.21 bits per heavy atom. The molecule has 5 heteroatoms. The normalized spacial score (nSPS) is 12.4. The lowest BCUT2D eigenvalue weighted by atomic mass is 10.0. The van der Waals surface area contributed by atoms with Gasteiger partial charge < -0.3 is 11.1 Å². The third-order valence-corrected chi connectivity index (χ3v) is 4.09. The predicted octanol–water partition coefficient (Wildman–Crippen LogP) is 3.59. The van der Waals surface area contributed by atoms with E-state index in [0.717, 1.165) is 11.3 Å². The number of nitrogens with two attached hydrogens (primary N) is 1. The van der Waals surface area contributed by atoms with Crippen molar-refractivity contribution in [2.24, 2.45) is 11.7 Å². The SMILES string of the molecule is CC(C)C(Nc1cnccc1C(N)=S)c1cccs1. The van der Waals surface area contributed by atoms with E-state index in [4.69, 9.17) is 18.0 Å². The number of nitrogens with one attached hydrogen (secondary N) is 1. The molecule has 0 aliphatic rings. The zero-order valence-corrected chi connectivity index (χ0v) is 12.6. The van der Waals surface area contributed by atoms with Crippen molar-refractivity contribution in [3.05, 3.63) is 46.4 Å². The maximum atomic E-state index is 5.75. The zero-order valence-electron chi connectivity index (χ0n) is 11.0. The number of nitrogens with zero attached hydrogens (tertiary/aromatic N) is 1. The summed E-state index contributed by atoms with van der Waals surface area (Å²) in [5.41, 5.74) is 7.48. The molecule has 0 fully saturated rings. The monoisotopic (exact) mass is 291 g/mol. The lowest BCUT2D eigenvalue weighted by Crippen LogP contribution is -2.19. The number of rotatable bonds is 5. The van der Waals surface area contributed by atoms with Crippen molar-refractivity contribution in [3.63, 3.8) is 0 Å². The highest BCUT2D eigenvalue weighted by molar-refractivity contribution is 7.80. The van der Waals surface area contributed by atoms with Gasteiger partial charge in [-0.25, -0.2) is 0 Å². The van der Waals surface area contributed by atoms with Crippen LogP contribution in [-0.2, 0) is 0 Å². The molecule has 19 heavy (non-hydrogen) atoms. The lowest BCUT2D eigenvalue weighted by molar-refractivity contribution is 0.553. The van der Waals surface area contributed by atoms with Crippen molar-refractivity contribution >= 4 is 34.2 Å². The summed E-state index contributed by atoms with van der Waals surface area (Å²) in [7, 11) is 0. The maximum Gasteiger partial charge on any atom is 0.106 e. The highest BCUT2D eigenvalue weighted by atomic mass is 32.1. The highest BCUT2D eigenvalue weighted by Gasteiger charge is 2.18. The molecule has 1 atom stereocenters. The minimum atomic E-state index is 0.234. The Hall–Kier alpha value is -1.46. The maximum absolute atomic E-state index is 5.75. The molecule has 3 nitrogen and oxygen atoms in total. The minimum Gasteiger partial charge on any atom is -0.389 e. The van der Waals surface area contributed by atoms with Gasteiger partial charge in [-0.05, 0) is 23.4 Å². The molecule has 100 valence electrons. The van der Waals surface area contributed by atoms with Gasteiger partial charge in [0.15, 0.2) is 0 Å². The van der Waals surface area contributed by atoms with Crippen molar-refractivity contribution in [1.29, 1.82) is 0 Å². The first-order valence-corrected chi connectivity index (χ1v) is 7.42. The van der Waals surface area contributed by atoms with Crippen molar-refractivity contribution in [2.75, 3.05) is 5.32 Å². The second kappa shape index (κ2) is 6.12. The van der Waals surface area contributed by atoms with Gasteiger partial charge in [-0.1, -0.05) is 32.1 Å². The Bertz CT molecular complexity index is 550. The van der Waals surface area contributed by atoms with Crippen molar-refractivity contribution in [2.45, 2.75) is 19.9 Å². The Morgan fingerprint density at radius 3 is 2.79 bits per heavy atom. The van der Waals surface area contributed by atoms with Gasteiger partial charge in [0.25, 0.3) is 0 Å². The average Bonchev–Trinajstić information content (AvgIpc) is 2.89.